The number of hydrogen-bond acceptors (Lipinski definition) is 2. The number of benzene rings is 2. The molecule has 2 aromatic rings. The minimum atomic E-state index is -0.517. The maximum atomic E-state index is 11.9. The van der Waals surface area contributed by atoms with Crippen molar-refractivity contribution < 1.29 is 9.90 Å². The number of aryl methyl sites for hydroxylation is 1. The molecule has 2 amide bonds. The largest absolute Gasteiger partial charge is 0.389 e. The van der Waals surface area contributed by atoms with E-state index >= 15 is 0 Å². The first-order chi connectivity index (χ1) is 9.95. The number of rotatable bonds is 3. The molecule has 21 heavy (non-hydrogen) atoms. The summed E-state index contributed by atoms with van der Waals surface area (Å²) in [5.74, 6) is 0. The minimum absolute atomic E-state index is 0.315. The highest BCUT2D eigenvalue weighted by Crippen LogP contribution is 2.23. The van der Waals surface area contributed by atoms with Gasteiger partial charge in [-0.05, 0) is 65.2 Å². The van der Waals surface area contributed by atoms with Crippen LogP contribution in [-0.4, -0.2) is 11.1 Å². The Labute approximate surface area is 132 Å². The zero-order valence-corrected chi connectivity index (χ0v) is 13.4. The fourth-order valence-electron chi connectivity index (χ4n) is 1.85. The van der Waals surface area contributed by atoms with Gasteiger partial charge in [-0.3, -0.25) is 0 Å². The van der Waals surface area contributed by atoms with Crippen LogP contribution in [0.2, 0.25) is 0 Å². The fraction of sp³-hybridized carbons (Fsp3) is 0.188. The number of nitrogens with one attached hydrogen (secondary N) is 2. The zero-order chi connectivity index (χ0) is 15.4. The number of carbonyl (C=O) groups excluding carboxylic acids is 1. The summed E-state index contributed by atoms with van der Waals surface area (Å²) in [5, 5.41) is 15.0. The molecule has 2 aromatic carbocycles. The van der Waals surface area contributed by atoms with Crippen molar-refractivity contribution in [2.45, 2.75) is 20.0 Å². The lowest BCUT2D eigenvalue weighted by molar-refractivity contribution is 0.199. The van der Waals surface area contributed by atoms with E-state index in [-0.39, 0.29) is 6.03 Å². The van der Waals surface area contributed by atoms with Gasteiger partial charge in [0.15, 0.2) is 0 Å². The Morgan fingerprint density at radius 3 is 2.38 bits per heavy atom. The quantitative estimate of drug-likeness (QED) is 0.766. The normalized spacial score (nSPS) is 11.8. The van der Waals surface area contributed by atoms with Crippen LogP contribution < -0.4 is 10.6 Å². The Hall–Kier alpha value is -1.85. The van der Waals surface area contributed by atoms with Crippen LogP contribution in [0.4, 0.5) is 16.2 Å². The third kappa shape index (κ3) is 4.31. The first-order valence-electron chi connectivity index (χ1n) is 6.58. The van der Waals surface area contributed by atoms with Crippen LogP contribution in [0.25, 0.3) is 0 Å². The lowest BCUT2D eigenvalue weighted by Gasteiger charge is -2.10. The number of anilines is 2. The summed E-state index contributed by atoms with van der Waals surface area (Å²) in [5.41, 5.74) is 3.29. The maximum Gasteiger partial charge on any atom is 0.323 e. The fourth-order valence-corrected chi connectivity index (χ4v) is 2.44. The second kappa shape index (κ2) is 6.74. The molecule has 0 saturated heterocycles. The molecule has 1 atom stereocenters. The van der Waals surface area contributed by atoms with Gasteiger partial charge in [0.25, 0.3) is 0 Å². The number of carbonyl (C=O) groups is 1. The first-order valence-corrected chi connectivity index (χ1v) is 7.37. The Kier molecular flexibility index (Phi) is 4.98. The molecular weight excluding hydrogens is 332 g/mol. The van der Waals surface area contributed by atoms with Crippen LogP contribution in [0, 0.1) is 6.92 Å². The van der Waals surface area contributed by atoms with Crippen molar-refractivity contribution in [3.8, 4) is 0 Å². The predicted molar refractivity (Wildman–Crippen MR) is 88.6 cm³/mol. The molecular formula is C16H17BrN2O2. The van der Waals surface area contributed by atoms with Crippen molar-refractivity contribution in [1.82, 2.24) is 0 Å². The third-order valence-corrected chi connectivity index (χ3v) is 3.68. The van der Waals surface area contributed by atoms with Gasteiger partial charge >= 0.3 is 6.03 Å². The highest BCUT2D eigenvalue weighted by Gasteiger charge is 2.06. The summed E-state index contributed by atoms with van der Waals surface area (Å²) >= 11 is 3.42. The van der Waals surface area contributed by atoms with E-state index in [0.717, 1.165) is 15.6 Å². The number of amides is 2. The van der Waals surface area contributed by atoms with Gasteiger partial charge in [0.2, 0.25) is 0 Å². The van der Waals surface area contributed by atoms with Crippen molar-refractivity contribution >= 4 is 33.3 Å². The van der Waals surface area contributed by atoms with Gasteiger partial charge in [0.1, 0.15) is 0 Å². The SMILES string of the molecule is Cc1ccc(NC(=O)Nc2ccc(C(C)O)cc2)c(Br)c1. The second-order valence-corrected chi connectivity index (χ2v) is 5.71. The van der Waals surface area contributed by atoms with E-state index in [0.29, 0.717) is 11.4 Å². The van der Waals surface area contributed by atoms with Gasteiger partial charge in [-0.25, -0.2) is 4.79 Å². The molecule has 3 N–H and O–H groups in total. The van der Waals surface area contributed by atoms with Crippen LogP contribution >= 0.6 is 15.9 Å². The Bertz CT molecular complexity index is 639. The Balaban J connectivity index is 2.01. The summed E-state index contributed by atoms with van der Waals surface area (Å²) in [4.78, 5) is 11.9. The number of halogens is 1. The van der Waals surface area contributed by atoms with Crippen molar-refractivity contribution in [3.05, 3.63) is 58.1 Å². The summed E-state index contributed by atoms with van der Waals surface area (Å²) < 4.78 is 0.835. The Morgan fingerprint density at radius 1 is 1.14 bits per heavy atom. The molecule has 110 valence electrons. The summed E-state index contributed by atoms with van der Waals surface area (Å²) in [6.45, 7) is 3.68. The third-order valence-electron chi connectivity index (χ3n) is 3.02. The van der Waals surface area contributed by atoms with E-state index in [1.165, 1.54) is 0 Å². The first kappa shape index (κ1) is 15.5. The average Bonchev–Trinajstić information content (AvgIpc) is 2.42. The monoisotopic (exact) mass is 348 g/mol. The predicted octanol–water partition coefficient (Wildman–Crippen LogP) is 4.45. The van der Waals surface area contributed by atoms with Crippen molar-refractivity contribution in [2.75, 3.05) is 10.6 Å². The Morgan fingerprint density at radius 2 is 1.81 bits per heavy atom. The van der Waals surface area contributed by atoms with E-state index in [1.54, 1.807) is 31.2 Å². The van der Waals surface area contributed by atoms with E-state index in [9.17, 15) is 9.90 Å². The minimum Gasteiger partial charge on any atom is -0.389 e. The number of aliphatic hydroxyl groups excluding tert-OH is 1. The molecule has 0 bridgehead atoms. The molecule has 0 radical (unpaired) electrons. The van der Waals surface area contributed by atoms with Gasteiger partial charge in [-0.15, -0.1) is 0 Å². The van der Waals surface area contributed by atoms with Gasteiger partial charge in [0.05, 0.1) is 11.8 Å². The molecule has 0 aliphatic rings. The van der Waals surface area contributed by atoms with Gasteiger partial charge in [-0.2, -0.15) is 0 Å². The van der Waals surface area contributed by atoms with E-state index in [2.05, 4.69) is 26.6 Å². The van der Waals surface area contributed by atoms with Crippen LogP contribution in [0.15, 0.2) is 46.9 Å². The van der Waals surface area contributed by atoms with E-state index in [1.807, 2.05) is 25.1 Å². The standard InChI is InChI=1S/C16H17BrN2O2/c1-10-3-8-15(14(17)9-10)19-16(21)18-13-6-4-12(5-7-13)11(2)20/h3-9,11,20H,1-2H3,(H2,18,19,21). The van der Waals surface area contributed by atoms with Gasteiger partial charge < -0.3 is 15.7 Å². The molecule has 1 unspecified atom stereocenters. The van der Waals surface area contributed by atoms with Crippen LogP contribution in [-0.2, 0) is 0 Å². The summed E-state index contributed by atoms with van der Waals surface area (Å²) in [6, 6.07) is 12.5. The maximum absolute atomic E-state index is 11.9. The van der Waals surface area contributed by atoms with Crippen molar-refractivity contribution in [2.24, 2.45) is 0 Å². The molecule has 4 nitrogen and oxygen atoms in total. The number of hydrogen-bond donors (Lipinski definition) is 3. The number of urea groups is 1. The smallest absolute Gasteiger partial charge is 0.323 e. The summed E-state index contributed by atoms with van der Waals surface area (Å²) in [7, 11) is 0. The van der Waals surface area contributed by atoms with Gasteiger partial charge in [-0.1, -0.05) is 18.2 Å². The average molecular weight is 349 g/mol. The molecule has 0 heterocycles. The van der Waals surface area contributed by atoms with Crippen LogP contribution in [0.1, 0.15) is 24.2 Å². The molecule has 5 heteroatoms. The van der Waals surface area contributed by atoms with Crippen molar-refractivity contribution in [1.29, 1.82) is 0 Å². The molecule has 0 saturated carbocycles. The van der Waals surface area contributed by atoms with Crippen molar-refractivity contribution in [3.63, 3.8) is 0 Å². The number of aliphatic hydroxyl groups is 1. The highest BCUT2D eigenvalue weighted by atomic mass is 79.9. The lowest BCUT2D eigenvalue weighted by Crippen LogP contribution is -2.19. The van der Waals surface area contributed by atoms with Crippen LogP contribution in [0.5, 0.6) is 0 Å². The van der Waals surface area contributed by atoms with Crippen LogP contribution in [0.3, 0.4) is 0 Å². The second-order valence-electron chi connectivity index (χ2n) is 4.86. The molecule has 0 aromatic heterocycles. The lowest BCUT2D eigenvalue weighted by atomic mass is 10.1. The highest BCUT2D eigenvalue weighted by molar-refractivity contribution is 9.10. The topological polar surface area (TPSA) is 61.4 Å². The molecule has 0 aliphatic carbocycles. The van der Waals surface area contributed by atoms with E-state index < -0.39 is 6.10 Å². The molecule has 2 rings (SSSR count). The molecule has 0 aliphatic heterocycles. The van der Waals surface area contributed by atoms with Gasteiger partial charge in [0, 0.05) is 10.2 Å². The summed E-state index contributed by atoms with van der Waals surface area (Å²) in [6.07, 6.45) is -0.517. The molecule has 0 spiro atoms. The molecule has 0 fully saturated rings. The zero-order valence-electron chi connectivity index (χ0n) is 11.9. The van der Waals surface area contributed by atoms with E-state index in [4.69, 9.17) is 0 Å².